The van der Waals surface area contributed by atoms with Crippen LogP contribution in [0.15, 0.2) is 51.7 Å². The van der Waals surface area contributed by atoms with Gasteiger partial charge < -0.3 is 28.7 Å². The zero-order chi connectivity index (χ0) is 24.7. The van der Waals surface area contributed by atoms with Gasteiger partial charge in [0, 0.05) is 41.9 Å². The maximum absolute atomic E-state index is 13.2. The van der Waals surface area contributed by atoms with E-state index >= 15 is 0 Å². The number of carbonyl (C=O) groups excluding carboxylic acids is 1. The summed E-state index contributed by atoms with van der Waals surface area (Å²) in [6.07, 6.45) is 0. The van der Waals surface area contributed by atoms with Gasteiger partial charge >= 0.3 is 5.76 Å². The summed E-state index contributed by atoms with van der Waals surface area (Å²) in [4.78, 5) is 27.5. The Bertz CT molecular complexity index is 1480. The van der Waals surface area contributed by atoms with Gasteiger partial charge in [-0.3, -0.25) is 9.36 Å². The number of likely N-dealkylation sites (N-methyl/N-ethyl adjacent to an activating group) is 1. The highest BCUT2D eigenvalue weighted by atomic mass is 16.6. The normalized spacial score (nSPS) is 12.9. The number of amides is 1. The van der Waals surface area contributed by atoms with Crippen LogP contribution in [-0.2, 0) is 6.54 Å². The number of nitrogens with one attached hydrogen (secondary N) is 1. The molecule has 0 atom stereocenters. The fourth-order valence-corrected chi connectivity index (χ4v) is 4.41. The molecule has 0 spiro atoms. The van der Waals surface area contributed by atoms with Gasteiger partial charge in [-0.15, -0.1) is 0 Å². The quantitative estimate of drug-likeness (QED) is 0.457. The number of hydrogen-bond donors (Lipinski definition) is 1. The van der Waals surface area contributed by atoms with Crippen molar-refractivity contribution in [3.63, 3.8) is 0 Å². The Morgan fingerprint density at radius 1 is 1.03 bits per heavy atom. The molecule has 1 amide bonds. The fourth-order valence-electron chi connectivity index (χ4n) is 4.41. The predicted octanol–water partition coefficient (Wildman–Crippen LogP) is 3.59. The van der Waals surface area contributed by atoms with E-state index in [0.29, 0.717) is 54.4 Å². The van der Waals surface area contributed by atoms with Crippen LogP contribution in [0.4, 0.5) is 5.69 Å². The molecule has 4 aromatic rings. The number of benzene rings is 2. The van der Waals surface area contributed by atoms with Crippen molar-refractivity contribution in [2.24, 2.45) is 0 Å². The lowest BCUT2D eigenvalue weighted by atomic mass is 10.2. The fraction of sp³-hybridized carbons (Fsp3) is 0.308. The first-order valence-electron chi connectivity index (χ1n) is 11.5. The van der Waals surface area contributed by atoms with Crippen LogP contribution in [0.5, 0.6) is 11.5 Å². The SMILES string of the molecule is Cc1cc(C(=O)Nc2ccc3oc(=O)n(CCN(C)C)c3c2)c(C)n1-c1ccc2c(c1)OCCO2. The van der Waals surface area contributed by atoms with Crippen molar-refractivity contribution in [3.8, 4) is 17.2 Å². The van der Waals surface area contributed by atoms with E-state index in [2.05, 4.69) is 5.32 Å². The Hall–Kier alpha value is -3.98. The third-order valence-corrected chi connectivity index (χ3v) is 6.16. The summed E-state index contributed by atoms with van der Waals surface area (Å²) in [5, 5.41) is 2.97. The minimum absolute atomic E-state index is 0.230. The van der Waals surface area contributed by atoms with Crippen LogP contribution in [0.3, 0.4) is 0 Å². The lowest BCUT2D eigenvalue weighted by molar-refractivity contribution is 0.102. The smallest absolute Gasteiger partial charge is 0.419 e. The highest BCUT2D eigenvalue weighted by molar-refractivity contribution is 6.06. The number of oxazole rings is 1. The van der Waals surface area contributed by atoms with Crippen LogP contribution >= 0.6 is 0 Å². The van der Waals surface area contributed by atoms with Crippen LogP contribution in [0.25, 0.3) is 16.8 Å². The predicted molar refractivity (Wildman–Crippen MR) is 133 cm³/mol. The summed E-state index contributed by atoms with van der Waals surface area (Å²) < 4.78 is 20.3. The largest absolute Gasteiger partial charge is 0.486 e. The maximum atomic E-state index is 13.2. The monoisotopic (exact) mass is 476 g/mol. The number of anilines is 1. The molecule has 2 aromatic heterocycles. The van der Waals surface area contributed by atoms with Crippen molar-refractivity contribution in [1.29, 1.82) is 0 Å². The molecule has 9 heteroatoms. The van der Waals surface area contributed by atoms with Crippen molar-refractivity contribution in [2.75, 3.05) is 39.2 Å². The van der Waals surface area contributed by atoms with Crippen LogP contribution < -0.4 is 20.5 Å². The van der Waals surface area contributed by atoms with Crippen molar-refractivity contribution < 1.29 is 18.7 Å². The minimum Gasteiger partial charge on any atom is -0.486 e. The first kappa shape index (κ1) is 22.8. The first-order chi connectivity index (χ1) is 16.8. The molecule has 9 nitrogen and oxygen atoms in total. The van der Waals surface area contributed by atoms with Crippen LogP contribution in [0.1, 0.15) is 21.7 Å². The van der Waals surface area contributed by atoms with E-state index in [1.807, 2.05) is 61.7 Å². The molecule has 2 aromatic carbocycles. The molecule has 0 aliphatic carbocycles. The Morgan fingerprint density at radius 3 is 2.57 bits per heavy atom. The van der Waals surface area contributed by atoms with Gasteiger partial charge in [-0.25, -0.2) is 4.79 Å². The molecule has 182 valence electrons. The summed E-state index contributed by atoms with van der Waals surface area (Å²) in [6.45, 7) is 6.11. The lowest BCUT2D eigenvalue weighted by Gasteiger charge is -2.20. The number of fused-ring (bicyclic) bond motifs is 2. The molecule has 0 radical (unpaired) electrons. The molecular weight excluding hydrogens is 448 g/mol. The van der Waals surface area contributed by atoms with Crippen LogP contribution in [-0.4, -0.2) is 53.8 Å². The number of ether oxygens (including phenoxy) is 2. The van der Waals surface area contributed by atoms with Crippen LogP contribution in [0, 0.1) is 13.8 Å². The molecule has 1 aliphatic rings. The average Bonchev–Trinajstić information content (AvgIpc) is 3.31. The minimum atomic E-state index is -0.409. The molecule has 1 aliphatic heterocycles. The van der Waals surface area contributed by atoms with Gasteiger partial charge in [-0.2, -0.15) is 0 Å². The molecule has 1 N–H and O–H groups in total. The number of hydrogen-bond acceptors (Lipinski definition) is 6. The number of aryl methyl sites for hydroxylation is 1. The summed E-state index contributed by atoms with van der Waals surface area (Å²) >= 11 is 0. The second-order valence-corrected chi connectivity index (χ2v) is 8.91. The maximum Gasteiger partial charge on any atom is 0.419 e. The van der Waals surface area contributed by atoms with E-state index in [9.17, 15) is 9.59 Å². The number of carbonyl (C=O) groups is 1. The number of aromatic nitrogens is 2. The molecular formula is C26H28N4O5. The highest BCUT2D eigenvalue weighted by Gasteiger charge is 2.20. The molecule has 3 heterocycles. The Morgan fingerprint density at radius 2 is 1.80 bits per heavy atom. The van der Waals surface area contributed by atoms with Gasteiger partial charge in [0.1, 0.15) is 13.2 Å². The Balaban J connectivity index is 1.43. The zero-order valence-electron chi connectivity index (χ0n) is 20.3. The molecule has 0 saturated carbocycles. The molecule has 0 saturated heterocycles. The number of nitrogens with zero attached hydrogens (tertiary/aromatic N) is 3. The van der Waals surface area contributed by atoms with Crippen molar-refractivity contribution in [2.45, 2.75) is 20.4 Å². The standard InChI is InChI=1S/C26H28N4O5/c1-16-13-20(17(2)30(16)19-6-8-23-24(15-19)34-12-11-33-23)25(31)27-18-5-7-22-21(14-18)29(26(32)35-22)10-9-28(3)4/h5-8,13-15H,9-12H2,1-4H3,(H,27,31). The number of rotatable bonds is 6. The molecule has 5 rings (SSSR count). The molecule has 0 bridgehead atoms. The van der Waals surface area contributed by atoms with Crippen molar-refractivity contribution in [1.82, 2.24) is 14.0 Å². The Kier molecular flexibility index (Phi) is 5.86. The van der Waals surface area contributed by atoms with E-state index in [1.54, 1.807) is 22.8 Å². The second-order valence-electron chi connectivity index (χ2n) is 8.91. The molecule has 0 fully saturated rings. The summed E-state index contributed by atoms with van der Waals surface area (Å²) in [5.41, 5.74) is 4.92. The molecule has 35 heavy (non-hydrogen) atoms. The average molecular weight is 477 g/mol. The van der Waals surface area contributed by atoms with Gasteiger partial charge in [0.05, 0.1) is 11.1 Å². The van der Waals surface area contributed by atoms with Gasteiger partial charge in [0.25, 0.3) is 5.91 Å². The van der Waals surface area contributed by atoms with Crippen molar-refractivity contribution in [3.05, 3.63) is 70.0 Å². The van der Waals surface area contributed by atoms with E-state index in [4.69, 9.17) is 13.9 Å². The Labute approximate surface area is 202 Å². The second kappa shape index (κ2) is 8.99. The summed E-state index contributed by atoms with van der Waals surface area (Å²) in [6, 6.07) is 12.8. The molecule has 0 unspecified atom stereocenters. The third kappa shape index (κ3) is 4.30. The third-order valence-electron chi connectivity index (χ3n) is 6.16. The highest BCUT2D eigenvalue weighted by Crippen LogP contribution is 2.33. The zero-order valence-corrected chi connectivity index (χ0v) is 20.3. The van der Waals surface area contributed by atoms with Crippen molar-refractivity contribution >= 4 is 22.7 Å². The van der Waals surface area contributed by atoms with E-state index in [0.717, 1.165) is 22.8 Å². The van der Waals surface area contributed by atoms with Gasteiger partial charge in [-0.05, 0) is 64.3 Å². The topological polar surface area (TPSA) is 90.9 Å². The van der Waals surface area contributed by atoms with Gasteiger partial charge in [0.15, 0.2) is 17.1 Å². The lowest BCUT2D eigenvalue weighted by Crippen LogP contribution is -2.23. The van der Waals surface area contributed by atoms with E-state index in [1.165, 1.54) is 0 Å². The van der Waals surface area contributed by atoms with Gasteiger partial charge in [0.2, 0.25) is 0 Å². The van der Waals surface area contributed by atoms with E-state index < -0.39 is 5.76 Å². The summed E-state index contributed by atoms with van der Waals surface area (Å²) in [7, 11) is 3.89. The first-order valence-corrected chi connectivity index (χ1v) is 11.5. The van der Waals surface area contributed by atoms with Crippen LogP contribution in [0.2, 0.25) is 0 Å². The van der Waals surface area contributed by atoms with Gasteiger partial charge in [-0.1, -0.05) is 0 Å². The summed E-state index contributed by atoms with van der Waals surface area (Å²) in [5.74, 6) is 0.778. The van der Waals surface area contributed by atoms with E-state index in [-0.39, 0.29) is 5.91 Å².